The fourth-order valence-corrected chi connectivity index (χ4v) is 3.87. The summed E-state index contributed by atoms with van der Waals surface area (Å²) in [6.07, 6.45) is 3.56. The molecule has 2 aromatic carbocycles. The van der Waals surface area contributed by atoms with E-state index >= 15 is 0 Å². The lowest BCUT2D eigenvalue weighted by molar-refractivity contribution is -0.122. The fourth-order valence-electron chi connectivity index (χ4n) is 3.66. The maximum Gasteiger partial charge on any atom is 0.293 e. The molecule has 32 heavy (non-hydrogen) atoms. The van der Waals surface area contributed by atoms with Crippen LogP contribution in [0, 0.1) is 5.82 Å². The Morgan fingerprint density at radius 2 is 1.91 bits per heavy atom. The molecule has 2 heterocycles. The normalized spacial score (nSPS) is 13.4. The van der Waals surface area contributed by atoms with Crippen LogP contribution in [0.25, 0.3) is 16.6 Å². The second-order valence-corrected chi connectivity index (χ2v) is 8.19. The van der Waals surface area contributed by atoms with Crippen molar-refractivity contribution in [2.75, 3.05) is 0 Å². The van der Waals surface area contributed by atoms with E-state index in [2.05, 4.69) is 15.5 Å². The number of amides is 1. The van der Waals surface area contributed by atoms with Crippen LogP contribution in [0.2, 0.25) is 5.02 Å². The third kappa shape index (κ3) is 3.89. The number of hydrogen-bond acceptors (Lipinski definition) is 4. The van der Waals surface area contributed by atoms with Crippen LogP contribution in [0.15, 0.2) is 59.5 Å². The van der Waals surface area contributed by atoms with Gasteiger partial charge in [-0.15, -0.1) is 0 Å². The zero-order valence-electron chi connectivity index (χ0n) is 17.0. The van der Waals surface area contributed by atoms with Gasteiger partial charge in [-0.3, -0.25) is 9.59 Å². The van der Waals surface area contributed by atoms with Crippen molar-refractivity contribution in [2.24, 2.45) is 0 Å². The average molecular weight is 452 g/mol. The highest BCUT2D eigenvalue weighted by molar-refractivity contribution is 6.31. The highest BCUT2D eigenvalue weighted by Crippen LogP contribution is 2.41. The molecule has 1 N–H and O–H groups in total. The number of fused-ring (bicyclic) bond motifs is 1. The molecule has 5 rings (SSSR count). The van der Waals surface area contributed by atoms with Crippen molar-refractivity contribution < 1.29 is 9.18 Å². The van der Waals surface area contributed by atoms with Gasteiger partial charge in [0.2, 0.25) is 5.91 Å². The van der Waals surface area contributed by atoms with Gasteiger partial charge in [-0.05, 0) is 48.7 Å². The van der Waals surface area contributed by atoms with Gasteiger partial charge >= 0.3 is 0 Å². The molecule has 0 radical (unpaired) electrons. The summed E-state index contributed by atoms with van der Waals surface area (Å²) in [6.45, 7) is 0.0199. The second kappa shape index (κ2) is 8.20. The highest BCUT2D eigenvalue weighted by atomic mass is 35.5. The predicted octanol–water partition coefficient (Wildman–Crippen LogP) is 3.57. The third-order valence-electron chi connectivity index (χ3n) is 5.47. The molecule has 2 aromatic heterocycles. The predicted molar refractivity (Wildman–Crippen MR) is 118 cm³/mol. The maximum absolute atomic E-state index is 13.4. The van der Waals surface area contributed by atoms with Gasteiger partial charge in [-0.2, -0.15) is 10.2 Å². The zero-order valence-corrected chi connectivity index (χ0v) is 17.7. The van der Waals surface area contributed by atoms with Crippen LogP contribution in [0.4, 0.5) is 4.39 Å². The number of carbonyl (C=O) groups is 1. The van der Waals surface area contributed by atoms with E-state index in [4.69, 9.17) is 11.6 Å². The van der Waals surface area contributed by atoms with Crippen molar-refractivity contribution in [1.82, 2.24) is 24.9 Å². The minimum absolute atomic E-state index is 0.229. The Bertz CT molecular complexity index is 1380. The van der Waals surface area contributed by atoms with Crippen molar-refractivity contribution in [1.29, 1.82) is 0 Å². The number of aromatic nitrogens is 4. The molecule has 0 unspecified atom stereocenters. The number of nitrogens with one attached hydrogen (secondary N) is 1. The number of rotatable bonds is 6. The molecule has 9 heteroatoms. The number of benzene rings is 2. The summed E-state index contributed by atoms with van der Waals surface area (Å²) >= 11 is 6.14. The molecule has 0 atom stereocenters. The summed E-state index contributed by atoms with van der Waals surface area (Å²) in [5.41, 5.74) is 1.99. The minimum atomic E-state index is -0.431. The molecule has 162 valence electrons. The molecule has 1 saturated carbocycles. The molecule has 1 amide bonds. The molecule has 1 fully saturated rings. The standard InChI is InChI=1S/C23H19ClFN5O2/c24-19-4-2-1-3-15(19)11-26-20(31)13-29-23(32)22-18(21(28-29)14-5-6-14)12-27-30(22)17-9-7-16(25)8-10-17/h1-4,7-10,12,14H,5-6,11,13H2,(H,26,31). The Kier molecular flexibility index (Phi) is 5.22. The van der Waals surface area contributed by atoms with Gasteiger partial charge in [0.1, 0.15) is 17.9 Å². The van der Waals surface area contributed by atoms with Crippen molar-refractivity contribution in [2.45, 2.75) is 31.8 Å². The van der Waals surface area contributed by atoms with Crippen LogP contribution in [-0.4, -0.2) is 25.5 Å². The number of nitrogens with zero attached hydrogens (tertiary/aromatic N) is 4. The first kappa shape index (κ1) is 20.4. The van der Waals surface area contributed by atoms with Gasteiger partial charge in [-0.1, -0.05) is 29.8 Å². The van der Waals surface area contributed by atoms with Crippen LogP contribution in [0.5, 0.6) is 0 Å². The van der Waals surface area contributed by atoms with Crippen LogP contribution < -0.4 is 10.9 Å². The third-order valence-corrected chi connectivity index (χ3v) is 5.84. The Morgan fingerprint density at radius 1 is 1.16 bits per heavy atom. The summed E-state index contributed by atoms with van der Waals surface area (Å²) < 4.78 is 16.0. The Balaban J connectivity index is 1.49. The van der Waals surface area contributed by atoms with Crippen molar-refractivity contribution in [3.63, 3.8) is 0 Å². The quantitative estimate of drug-likeness (QED) is 0.486. The van der Waals surface area contributed by atoms with Crippen LogP contribution >= 0.6 is 11.6 Å². The van der Waals surface area contributed by atoms with Crippen LogP contribution in [-0.2, 0) is 17.9 Å². The van der Waals surface area contributed by atoms with Gasteiger partial charge in [-0.25, -0.2) is 13.8 Å². The first-order valence-corrected chi connectivity index (χ1v) is 10.6. The average Bonchev–Trinajstić information content (AvgIpc) is 3.53. The van der Waals surface area contributed by atoms with E-state index < -0.39 is 5.56 Å². The molecule has 0 spiro atoms. The van der Waals surface area contributed by atoms with E-state index in [0.717, 1.165) is 24.1 Å². The second-order valence-electron chi connectivity index (χ2n) is 7.79. The Labute approximate surface area is 187 Å². The first-order valence-electron chi connectivity index (χ1n) is 10.3. The molecule has 4 aromatic rings. The van der Waals surface area contributed by atoms with Gasteiger partial charge in [0, 0.05) is 22.9 Å². The summed E-state index contributed by atoms with van der Waals surface area (Å²) in [4.78, 5) is 25.9. The largest absolute Gasteiger partial charge is 0.350 e. The Morgan fingerprint density at radius 3 is 2.62 bits per heavy atom. The lowest BCUT2D eigenvalue weighted by Gasteiger charge is -2.11. The maximum atomic E-state index is 13.4. The molecule has 0 aliphatic heterocycles. The molecule has 0 saturated heterocycles. The van der Waals surface area contributed by atoms with E-state index in [1.54, 1.807) is 24.4 Å². The summed E-state index contributed by atoms with van der Waals surface area (Å²) in [7, 11) is 0. The van der Waals surface area contributed by atoms with Crippen LogP contribution in [0.3, 0.4) is 0 Å². The van der Waals surface area contributed by atoms with Crippen molar-refractivity contribution in [3.05, 3.63) is 87.2 Å². The summed E-state index contributed by atoms with van der Waals surface area (Å²) in [5, 5.41) is 12.9. The van der Waals surface area contributed by atoms with Crippen molar-refractivity contribution >= 4 is 28.4 Å². The van der Waals surface area contributed by atoms with Crippen LogP contribution in [0.1, 0.15) is 30.0 Å². The topological polar surface area (TPSA) is 81.8 Å². The molecule has 1 aliphatic carbocycles. The summed E-state index contributed by atoms with van der Waals surface area (Å²) in [5.74, 6) is -0.493. The molecule has 0 bridgehead atoms. The fraction of sp³-hybridized carbons (Fsp3) is 0.217. The molecule has 1 aliphatic rings. The van der Waals surface area contributed by atoms with E-state index in [0.29, 0.717) is 21.6 Å². The minimum Gasteiger partial charge on any atom is -0.350 e. The smallest absolute Gasteiger partial charge is 0.293 e. The van der Waals surface area contributed by atoms with Gasteiger partial charge in [0.25, 0.3) is 5.56 Å². The van der Waals surface area contributed by atoms with E-state index in [-0.39, 0.29) is 30.7 Å². The molecular formula is C23H19ClFN5O2. The molecular weight excluding hydrogens is 433 g/mol. The Hall–Kier alpha value is -3.52. The van der Waals surface area contributed by atoms with Gasteiger partial charge in [0.05, 0.1) is 17.6 Å². The highest BCUT2D eigenvalue weighted by Gasteiger charge is 2.30. The first-order chi connectivity index (χ1) is 15.5. The van der Waals surface area contributed by atoms with Gasteiger partial charge in [0.15, 0.2) is 0 Å². The lowest BCUT2D eigenvalue weighted by atomic mass is 10.2. The van der Waals surface area contributed by atoms with Gasteiger partial charge < -0.3 is 5.32 Å². The number of halogens is 2. The lowest BCUT2D eigenvalue weighted by Crippen LogP contribution is -2.34. The van der Waals surface area contributed by atoms with Crippen molar-refractivity contribution in [3.8, 4) is 5.69 Å². The monoisotopic (exact) mass is 451 g/mol. The summed E-state index contributed by atoms with van der Waals surface area (Å²) in [6, 6.07) is 13.0. The molecule has 7 nitrogen and oxygen atoms in total. The SMILES string of the molecule is O=C(Cn1nc(C2CC2)c2cnn(-c3ccc(F)cc3)c2c1=O)NCc1ccccc1Cl. The number of carbonyl (C=O) groups excluding carboxylic acids is 1. The van der Waals surface area contributed by atoms with E-state index in [1.165, 1.54) is 21.5 Å². The van der Waals surface area contributed by atoms with E-state index in [9.17, 15) is 14.0 Å². The number of hydrogen-bond donors (Lipinski definition) is 1. The zero-order chi connectivity index (χ0) is 22.2. The van der Waals surface area contributed by atoms with E-state index in [1.807, 2.05) is 18.2 Å².